The Hall–Kier alpha value is -1.65. The van der Waals surface area contributed by atoms with Gasteiger partial charge in [-0.05, 0) is 49.9 Å². The lowest BCUT2D eigenvalue weighted by Gasteiger charge is -2.38. The molecule has 2 aliphatic heterocycles. The number of ether oxygens (including phenoxy) is 1. The van der Waals surface area contributed by atoms with E-state index in [1.165, 1.54) is 5.56 Å². The van der Waals surface area contributed by atoms with E-state index in [4.69, 9.17) is 9.15 Å². The summed E-state index contributed by atoms with van der Waals surface area (Å²) in [7, 11) is 0. The molecule has 23 heavy (non-hydrogen) atoms. The summed E-state index contributed by atoms with van der Waals surface area (Å²) in [5.74, 6) is 2.56. The Labute approximate surface area is 137 Å². The van der Waals surface area contributed by atoms with Gasteiger partial charge in [-0.3, -0.25) is 9.88 Å². The fourth-order valence-corrected chi connectivity index (χ4v) is 3.93. The summed E-state index contributed by atoms with van der Waals surface area (Å²) < 4.78 is 12.0. The highest BCUT2D eigenvalue weighted by atomic mass is 16.5. The van der Waals surface area contributed by atoms with Crippen molar-refractivity contribution in [3.05, 3.63) is 53.7 Å². The normalized spacial score (nSPS) is 24.3. The van der Waals surface area contributed by atoms with Crippen LogP contribution in [0.25, 0.3) is 0 Å². The number of aryl methyl sites for hydroxylation is 1. The molecule has 1 spiro atoms. The second-order valence-corrected chi connectivity index (χ2v) is 6.97. The molecule has 4 heterocycles. The van der Waals surface area contributed by atoms with E-state index in [9.17, 15) is 0 Å². The third-order valence-electron chi connectivity index (χ3n) is 5.31. The molecule has 4 rings (SSSR count). The summed E-state index contributed by atoms with van der Waals surface area (Å²) in [6.45, 7) is 5.91. The van der Waals surface area contributed by atoms with E-state index in [1.54, 1.807) is 0 Å². The van der Waals surface area contributed by atoms with Crippen LogP contribution in [0.3, 0.4) is 0 Å². The van der Waals surface area contributed by atoms with E-state index >= 15 is 0 Å². The standard InChI is InChI=1S/C19H24N2O2/c1-15-4-5-18(23-15)13-21-9-6-19(7-10-21)11-17(14-22-19)16-3-2-8-20-12-16/h2-5,8,12,17H,6-7,9-11,13-14H2,1H3. The first-order valence-electron chi connectivity index (χ1n) is 8.54. The summed E-state index contributed by atoms with van der Waals surface area (Å²) in [5, 5.41) is 0. The molecule has 0 bridgehead atoms. The van der Waals surface area contributed by atoms with Crippen molar-refractivity contribution in [3.63, 3.8) is 0 Å². The number of rotatable bonds is 3. The van der Waals surface area contributed by atoms with Crippen molar-refractivity contribution < 1.29 is 9.15 Å². The highest BCUT2D eigenvalue weighted by Crippen LogP contribution is 2.42. The molecule has 0 aliphatic carbocycles. The minimum Gasteiger partial charge on any atom is -0.465 e. The summed E-state index contributed by atoms with van der Waals surface area (Å²) in [5.41, 5.74) is 1.40. The molecular formula is C19H24N2O2. The van der Waals surface area contributed by atoms with E-state index in [-0.39, 0.29) is 5.60 Å². The fourth-order valence-electron chi connectivity index (χ4n) is 3.93. The van der Waals surface area contributed by atoms with Gasteiger partial charge in [0.15, 0.2) is 0 Å². The fraction of sp³-hybridized carbons (Fsp3) is 0.526. The van der Waals surface area contributed by atoms with Crippen LogP contribution in [0.1, 0.15) is 42.3 Å². The number of aromatic nitrogens is 1. The maximum Gasteiger partial charge on any atom is 0.118 e. The molecule has 2 aromatic rings. The Bertz CT molecular complexity index is 644. The first-order valence-corrected chi connectivity index (χ1v) is 8.54. The molecule has 4 nitrogen and oxygen atoms in total. The van der Waals surface area contributed by atoms with Crippen molar-refractivity contribution in [1.29, 1.82) is 0 Å². The van der Waals surface area contributed by atoms with Crippen molar-refractivity contribution in [2.45, 2.75) is 44.2 Å². The molecule has 0 N–H and O–H groups in total. The van der Waals surface area contributed by atoms with Gasteiger partial charge >= 0.3 is 0 Å². The molecule has 2 aliphatic rings. The third-order valence-corrected chi connectivity index (χ3v) is 5.31. The Morgan fingerprint density at radius 3 is 2.83 bits per heavy atom. The first-order chi connectivity index (χ1) is 11.2. The molecule has 122 valence electrons. The predicted octanol–water partition coefficient (Wildman–Crippen LogP) is 3.52. The van der Waals surface area contributed by atoms with Crippen LogP contribution in [0.5, 0.6) is 0 Å². The maximum atomic E-state index is 6.27. The van der Waals surface area contributed by atoms with E-state index in [0.717, 1.165) is 57.0 Å². The van der Waals surface area contributed by atoms with Gasteiger partial charge in [-0.15, -0.1) is 0 Å². The van der Waals surface area contributed by atoms with Crippen LogP contribution in [-0.4, -0.2) is 35.2 Å². The lowest BCUT2D eigenvalue weighted by molar-refractivity contribution is -0.0457. The number of pyridine rings is 1. The zero-order valence-corrected chi connectivity index (χ0v) is 13.7. The molecule has 0 amide bonds. The SMILES string of the molecule is Cc1ccc(CN2CCC3(CC2)CC(c2cccnc2)CO3)o1. The lowest BCUT2D eigenvalue weighted by atomic mass is 9.83. The summed E-state index contributed by atoms with van der Waals surface area (Å²) in [4.78, 5) is 6.73. The number of piperidine rings is 1. The summed E-state index contributed by atoms with van der Waals surface area (Å²) >= 11 is 0. The van der Waals surface area contributed by atoms with Crippen LogP contribution in [0.4, 0.5) is 0 Å². The van der Waals surface area contributed by atoms with Gasteiger partial charge in [0, 0.05) is 31.4 Å². The molecule has 1 atom stereocenters. The van der Waals surface area contributed by atoms with Crippen LogP contribution >= 0.6 is 0 Å². The Morgan fingerprint density at radius 1 is 1.26 bits per heavy atom. The minimum atomic E-state index is 0.0795. The van der Waals surface area contributed by atoms with Crippen molar-refractivity contribution >= 4 is 0 Å². The van der Waals surface area contributed by atoms with E-state index in [0.29, 0.717) is 5.92 Å². The first kappa shape index (κ1) is 14.9. The molecule has 1 unspecified atom stereocenters. The van der Waals surface area contributed by atoms with Crippen LogP contribution < -0.4 is 0 Å². The molecule has 2 fully saturated rings. The molecular weight excluding hydrogens is 288 g/mol. The Morgan fingerprint density at radius 2 is 2.13 bits per heavy atom. The van der Waals surface area contributed by atoms with Gasteiger partial charge in [0.2, 0.25) is 0 Å². The number of hydrogen-bond acceptors (Lipinski definition) is 4. The number of furan rings is 1. The largest absolute Gasteiger partial charge is 0.465 e. The van der Waals surface area contributed by atoms with Crippen LogP contribution in [0, 0.1) is 6.92 Å². The van der Waals surface area contributed by atoms with E-state index in [1.807, 2.05) is 31.5 Å². The maximum absolute atomic E-state index is 6.27. The lowest BCUT2D eigenvalue weighted by Crippen LogP contribution is -2.43. The molecule has 2 saturated heterocycles. The van der Waals surface area contributed by atoms with E-state index in [2.05, 4.69) is 22.0 Å². The van der Waals surface area contributed by atoms with Gasteiger partial charge < -0.3 is 9.15 Å². The highest BCUT2D eigenvalue weighted by molar-refractivity contribution is 5.18. The van der Waals surface area contributed by atoms with Gasteiger partial charge in [-0.2, -0.15) is 0 Å². The predicted molar refractivity (Wildman–Crippen MR) is 88.2 cm³/mol. The van der Waals surface area contributed by atoms with Gasteiger partial charge in [0.05, 0.1) is 18.8 Å². The molecule has 0 aromatic carbocycles. The van der Waals surface area contributed by atoms with E-state index < -0.39 is 0 Å². The van der Waals surface area contributed by atoms with Crippen molar-refractivity contribution in [2.75, 3.05) is 19.7 Å². The topological polar surface area (TPSA) is 38.5 Å². The molecule has 0 radical (unpaired) electrons. The van der Waals surface area contributed by atoms with Crippen LogP contribution in [0.2, 0.25) is 0 Å². The minimum absolute atomic E-state index is 0.0795. The third kappa shape index (κ3) is 3.19. The summed E-state index contributed by atoms with van der Waals surface area (Å²) in [6, 6.07) is 8.33. The van der Waals surface area contributed by atoms with Gasteiger partial charge in [-0.25, -0.2) is 0 Å². The van der Waals surface area contributed by atoms with Gasteiger partial charge in [0.25, 0.3) is 0 Å². The average molecular weight is 312 g/mol. The summed E-state index contributed by atoms with van der Waals surface area (Å²) in [6.07, 6.45) is 7.19. The Balaban J connectivity index is 1.34. The Kier molecular flexibility index (Phi) is 3.95. The van der Waals surface area contributed by atoms with Crippen LogP contribution in [0.15, 0.2) is 41.1 Å². The van der Waals surface area contributed by atoms with Crippen LogP contribution in [-0.2, 0) is 11.3 Å². The smallest absolute Gasteiger partial charge is 0.118 e. The zero-order valence-electron chi connectivity index (χ0n) is 13.7. The molecule has 0 saturated carbocycles. The highest BCUT2D eigenvalue weighted by Gasteiger charge is 2.43. The second kappa shape index (κ2) is 6.10. The number of hydrogen-bond donors (Lipinski definition) is 0. The monoisotopic (exact) mass is 312 g/mol. The average Bonchev–Trinajstić information content (AvgIpc) is 3.18. The van der Waals surface area contributed by atoms with Crippen molar-refractivity contribution in [1.82, 2.24) is 9.88 Å². The quantitative estimate of drug-likeness (QED) is 0.869. The number of nitrogens with zero attached hydrogens (tertiary/aromatic N) is 2. The van der Waals surface area contributed by atoms with Crippen molar-refractivity contribution in [2.24, 2.45) is 0 Å². The zero-order chi connectivity index (χ0) is 15.7. The molecule has 4 heteroatoms. The molecule has 2 aromatic heterocycles. The number of likely N-dealkylation sites (tertiary alicyclic amines) is 1. The van der Waals surface area contributed by atoms with Gasteiger partial charge in [0.1, 0.15) is 11.5 Å². The van der Waals surface area contributed by atoms with Crippen molar-refractivity contribution in [3.8, 4) is 0 Å². The van der Waals surface area contributed by atoms with Gasteiger partial charge in [-0.1, -0.05) is 6.07 Å². The second-order valence-electron chi connectivity index (χ2n) is 6.97.